The van der Waals surface area contributed by atoms with Crippen LogP contribution in [-0.2, 0) is 19.4 Å². The van der Waals surface area contributed by atoms with Gasteiger partial charge in [0, 0.05) is 27.1 Å². The van der Waals surface area contributed by atoms with Crippen molar-refractivity contribution in [3.63, 3.8) is 0 Å². The highest BCUT2D eigenvalue weighted by Crippen LogP contribution is 2.30. The van der Waals surface area contributed by atoms with E-state index >= 15 is 0 Å². The van der Waals surface area contributed by atoms with E-state index in [0.29, 0.717) is 21.4 Å². The van der Waals surface area contributed by atoms with Crippen molar-refractivity contribution in [3.05, 3.63) is 73.8 Å². The van der Waals surface area contributed by atoms with Crippen LogP contribution < -0.4 is 10.4 Å². The van der Waals surface area contributed by atoms with Gasteiger partial charge in [0.25, 0.3) is 0 Å². The first-order valence-corrected chi connectivity index (χ1v) is 8.56. The van der Waals surface area contributed by atoms with E-state index in [-0.39, 0.29) is 18.0 Å². The molecule has 4 rings (SSSR count). The Balaban J connectivity index is 1.64. The monoisotopic (exact) mass is 388 g/mol. The van der Waals surface area contributed by atoms with Crippen molar-refractivity contribution in [3.8, 4) is 5.75 Å². The number of hydrogen-bond donors (Lipinski definition) is 0. The molecule has 0 atom stereocenters. The number of ether oxygens (including phenoxy) is 1. The van der Waals surface area contributed by atoms with Gasteiger partial charge in [-0.05, 0) is 49.1 Å². The lowest BCUT2D eigenvalue weighted by Gasteiger charge is -2.09. The summed E-state index contributed by atoms with van der Waals surface area (Å²) in [6.07, 6.45) is 2.68. The van der Waals surface area contributed by atoms with E-state index in [2.05, 4.69) is 15.9 Å². The van der Waals surface area contributed by atoms with Crippen molar-refractivity contribution in [1.29, 1.82) is 0 Å². The van der Waals surface area contributed by atoms with Gasteiger partial charge in [-0.15, -0.1) is 0 Å². The second-order valence-corrected chi connectivity index (χ2v) is 6.80. The SMILES string of the molecule is O=c1oc2cc(OCc3ccc(Br)cc3F)ccc2c2c1CCC2. The maximum Gasteiger partial charge on any atom is 0.339 e. The Morgan fingerprint density at radius 2 is 1.96 bits per heavy atom. The molecule has 3 nitrogen and oxygen atoms in total. The second kappa shape index (κ2) is 6.06. The number of hydrogen-bond acceptors (Lipinski definition) is 3. The fourth-order valence-electron chi connectivity index (χ4n) is 3.15. The fourth-order valence-corrected chi connectivity index (χ4v) is 3.49. The third-order valence-corrected chi connectivity index (χ3v) is 4.85. The Morgan fingerprint density at radius 3 is 2.79 bits per heavy atom. The largest absolute Gasteiger partial charge is 0.489 e. The molecule has 3 aromatic rings. The van der Waals surface area contributed by atoms with Crippen molar-refractivity contribution in [1.82, 2.24) is 0 Å². The third kappa shape index (κ3) is 2.73. The topological polar surface area (TPSA) is 39.4 Å². The number of halogens is 2. The van der Waals surface area contributed by atoms with Crippen molar-refractivity contribution in [2.75, 3.05) is 0 Å². The summed E-state index contributed by atoms with van der Waals surface area (Å²) >= 11 is 3.23. The predicted octanol–water partition coefficient (Wildman–Crippen LogP) is 4.76. The van der Waals surface area contributed by atoms with Crippen molar-refractivity contribution in [2.45, 2.75) is 25.9 Å². The van der Waals surface area contributed by atoms with E-state index in [9.17, 15) is 9.18 Å². The molecule has 0 spiro atoms. The molecule has 1 aliphatic rings. The molecule has 0 amide bonds. The van der Waals surface area contributed by atoms with Crippen LogP contribution >= 0.6 is 15.9 Å². The highest BCUT2D eigenvalue weighted by Gasteiger charge is 2.19. The van der Waals surface area contributed by atoms with Crippen LogP contribution in [0.15, 0.2) is 50.1 Å². The molecular formula is C19H14BrFO3. The van der Waals surface area contributed by atoms with Crippen LogP contribution in [0.2, 0.25) is 0 Å². The molecule has 122 valence electrons. The molecule has 24 heavy (non-hydrogen) atoms. The standard InChI is InChI=1S/C19H14BrFO3/c20-12-5-4-11(17(21)8-12)10-23-13-6-7-15-14-2-1-3-16(14)19(22)24-18(15)9-13/h4-9H,1-3,10H2. The maximum absolute atomic E-state index is 13.8. The van der Waals surface area contributed by atoms with Gasteiger partial charge in [0.05, 0.1) is 0 Å². The Morgan fingerprint density at radius 1 is 1.12 bits per heavy atom. The van der Waals surface area contributed by atoms with Crippen molar-refractivity contribution < 1.29 is 13.5 Å². The molecule has 0 radical (unpaired) electrons. The molecule has 0 saturated carbocycles. The van der Waals surface area contributed by atoms with Crippen LogP contribution in [0.1, 0.15) is 23.1 Å². The molecule has 2 aromatic carbocycles. The fraction of sp³-hybridized carbons (Fsp3) is 0.211. The molecule has 0 N–H and O–H groups in total. The summed E-state index contributed by atoms with van der Waals surface area (Å²) < 4.78 is 25.6. The summed E-state index contributed by atoms with van der Waals surface area (Å²) in [5.74, 6) is 0.223. The third-order valence-electron chi connectivity index (χ3n) is 4.35. The number of benzene rings is 2. The summed E-state index contributed by atoms with van der Waals surface area (Å²) in [7, 11) is 0. The average molecular weight is 389 g/mol. The molecule has 0 saturated heterocycles. The van der Waals surface area contributed by atoms with Crippen LogP contribution in [0, 0.1) is 5.82 Å². The Labute approximate surface area is 146 Å². The van der Waals surface area contributed by atoms with Crippen LogP contribution in [0.4, 0.5) is 4.39 Å². The zero-order valence-electron chi connectivity index (χ0n) is 12.8. The summed E-state index contributed by atoms with van der Waals surface area (Å²) in [5.41, 5.74) is 2.62. The minimum atomic E-state index is -0.325. The molecule has 1 heterocycles. The Bertz CT molecular complexity index is 994. The minimum Gasteiger partial charge on any atom is -0.489 e. The van der Waals surface area contributed by atoms with Gasteiger partial charge in [0.2, 0.25) is 0 Å². The van der Waals surface area contributed by atoms with Crippen LogP contribution in [0.5, 0.6) is 5.75 Å². The van der Waals surface area contributed by atoms with Crippen LogP contribution in [0.25, 0.3) is 11.0 Å². The first-order chi connectivity index (χ1) is 11.6. The maximum atomic E-state index is 13.8. The quantitative estimate of drug-likeness (QED) is 0.607. The molecule has 0 fully saturated rings. The number of rotatable bonds is 3. The molecule has 0 unspecified atom stereocenters. The summed E-state index contributed by atoms with van der Waals surface area (Å²) in [5, 5.41) is 0.962. The first kappa shape index (κ1) is 15.4. The zero-order chi connectivity index (χ0) is 16.7. The summed E-state index contributed by atoms with van der Waals surface area (Å²) in [4.78, 5) is 12.0. The lowest BCUT2D eigenvalue weighted by atomic mass is 10.1. The lowest BCUT2D eigenvalue weighted by Crippen LogP contribution is -2.07. The van der Waals surface area contributed by atoms with Crippen molar-refractivity contribution in [2.24, 2.45) is 0 Å². The Kier molecular flexibility index (Phi) is 3.88. The van der Waals surface area contributed by atoms with Crippen LogP contribution in [0.3, 0.4) is 0 Å². The number of aryl methyl sites for hydroxylation is 1. The normalized spacial score (nSPS) is 13.2. The molecule has 1 aliphatic carbocycles. The summed E-state index contributed by atoms with van der Waals surface area (Å²) in [6.45, 7) is 0.111. The first-order valence-electron chi connectivity index (χ1n) is 7.77. The van der Waals surface area contributed by atoms with Gasteiger partial charge < -0.3 is 9.15 Å². The highest BCUT2D eigenvalue weighted by atomic mass is 79.9. The number of fused-ring (bicyclic) bond motifs is 3. The highest BCUT2D eigenvalue weighted by molar-refractivity contribution is 9.10. The van der Waals surface area contributed by atoms with E-state index in [1.165, 1.54) is 6.07 Å². The van der Waals surface area contributed by atoms with E-state index < -0.39 is 0 Å². The molecule has 0 bridgehead atoms. The van der Waals surface area contributed by atoms with Gasteiger partial charge in [0.15, 0.2) is 0 Å². The predicted molar refractivity (Wildman–Crippen MR) is 92.9 cm³/mol. The van der Waals surface area contributed by atoms with Crippen LogP contribution in [-0.4, -0.2) is 0 Å². The zero-order valence-corrected chi connectivity index (χ0v) is 14.4. The molecule has 0 aliphatic heterocycles. The molecular weight excluding hydrogens is 375 g/mol. The van der Waals surface area contributed by atoms with E-state index in [0.717, 1.165) is 35.8 Å². The van der Waals surface area contributed by atoms with Gasteiger partial charge >= 0.3 is 5.63 Å². The van der Waals surface area contributed by atoms with E-state index in [1.807, 2.05) is 12.1 Å². The van der Waals surface area contributed by atoms with Gasteiger partial charge in [0.1, 0.15) is 23.8 Å². The lowest BCUT2D eigenvalue weighted by molar-refractivity contribution is 0.299. The van der Waals surface area contributed by atoms with Crippen molar-refractivity contribution >= 4 is 26.9 Å². The van der Waals surface area contributed by atoms with Gasteiger partial charge in [-0.2, -0.15) is 0 Å². The van der Waals surface area contributed by atoms with Gasteiger partial charge in [-0.1, -0.05) is 22.0 Å². The van der Waals surface area contributed by atoms with E-state index in [1.54, 1.807) is 18.2 Å². The second-order valence-electron chi connectivity index (χ2n) is 5.88. The smallest absolute Gasteiger partial charge is 0.339 e. The van der Waals surface area contributed by atoms with E-state index in [4.69, 9.17) is 9.15 Å². The average Bonchev–Trinajstić information content (AvgIpc) is 3.04. The molecule has 5 heteroatoms. The minimum absolute atomic E-state index is 0.111. The summed E-state index contributed by atoms with van der Waals surface area (Å²) in [6, 6.07) is 10.3. The molecule has 1 aromatic heterocycles. The van der Waals surface area contributed by atoms with Gasteiger partial charge in [-0.3, -0.25) is 0 Å². The Hall–Kier alpha value is -2.14. The van der Waals surface area contributed by atoms with Gasteiger partial charge in [-0.25, -0.2) is 9.18 Å².